The minimum absolute atomic E-state index is 0.00392. The van der Waals surface area contributed by atoms with Crippen LogP contribution >= 0.6 is 0 Å². The molecule has 2 atom stereocenters. The van der Waals surface area contributed by atoms with Crippen molar-refractivity contribution in [1.82, 2.24) is 24.6 Å². The number of carbonyl (C=O) groups excluding carboxylic acids is 2. The average Bonchev–Trinajstić information content (AvgIpc) is 3.21. The Labute approximate surface area is 156 Å². The number of anilines is 1. The highest BCUT2D eigenvalue weighted by atomic mass is 19.1. The number of hydrogen-bond donors (Lipinski definition) is 1. The Morgan fingerprint density at radius 3 is 2.70 bits per heavy atom. The Morgan fingerprint density at radius 2 is 1.96 bits per heavy atom. The lowest BCUT2D eigenvalue weighted by Gasteiger charge is -2.25. The first-order chi connectivity index (χ1) is 12.9. The molecule has 0 aliphatic carbocycles. The van der Waals surface area contributed by atoms with Gasteiger partial charge in [0.2, 0.25) is 5.82 Å². The second-order valence-electron chi connectivity index (χ2n) is 7.32. The molecule has 2 aliphatic rings. The molecule has 2 aliphatic heterocycles. The zero-order chi connectivity index (χ0) is 19.1. The monoisotopic (exact) mass is 372 g/mol. The number of rotatable bonds is 2. The van der Waals surface area contributed by atoms with Gasteiger partial charge in [0.25, 0.3) is 5.91 Å². The number of likely N-dealkylation sites (tertiary alicyclic amines) is 1. The minimum atomic E-state index is -0.421. The van der Waals surface area contributed by atoms with Gasteiger partial charge in [-0.3, -0.25) is 4.79 Å². The number of amides is 3. The summed E-state index contributed by atoms with van der Waals surface area (Å²) >= 11 is 0. The molecule has 0 radical (unpaired) electrons. The third kappa shape index (κ3) is 3.24. The van der Waals surface area contributed by atoms with Crippen LogP contribution in [0.3, 0.4) is 0 Å². The van der Waals surface area contributed by atoms with Crippen molar-refractivity contribution in [3.63, 3.8) is 0 Å². The number of nitrogens with zero attached hydrogens (tertiary/aromatic N) is 5. The summed E-state index contributed by atoms with van der Waals surface area (Å²) in [6.45, 7) is 1.94. The molecule has 1 N–H and O–H groups in total. The summed E-state index contributed by atoms with van der Waals surface area (Å²) in [5.41, 5.74) is 0.370. The van der Waals surface area contributed by atoms with Crippen molar-refractivity contribution < 1.29 is 14.0 Å². The number of aromatic nitrogens is 3. The molecule has 9 heteroatoms. The van der Waals surface area contributed by atoms with E-state index in [1.165, 1.54) is 18.2 Å². The van der Waals surface area contributed by atoms with E-state index in [0.717, 1.165) is 5.82 Å². The van der Waals surface area contributed by atoms with Crippen molar-refractivity contribution in [3.05, 3.63) is 41.7 Å². The van der Waals surface area contributed by atoms with Gasteiger partial charge >= 0.3 is 6.03 Å². The largest absolute Gasteiger partial charge is 0.331 e. The molecule has 27 heavy (non-hydrogen) atoms. The number of hydrogen-bond acceptors (Lipinski definition) is 4. The van der Waals surface area contributed by atoms with Crippen LogP contribution < -0.4 is 5.32 Å². The first-order valence-corrected chi connectivity index (χ1v) is 8.87. The predicted molar refractivity (Wildman–Crippen MR) is 95.7 cm³/mol. The quantitative estimate of drug-likeness (QED) is 0.865. The van der Waals surface area contributed by atoms with Crippen molar-refractivity contribution in [2.75, 3.05) is 32.5 Å². The summed E-state index contributed by atoms with van der Waals surface area (Å²) in [5, 5.41) is 10.9. The molecule has 2 aromatic rings. The van der Waals surface area contributed by atoms with Crippen LogP contribution in [0.1, 0.15) is 16.4 Å². The molecule has 0 unspecified atom stereocenters. The van der Waals surface area contributed by atoms with Gasteiger partial charge in [-0.1, -0.05) is 6.07 Å². The van der Waals surface area contributed by atoms with Crippen molar-refractivity contribution in [2.24, 2.45) is 11.8 Å². The molecule has 142 valence electrons. The van der Waals surface area contributed by atoms with Crippen molar-refractivity contribution >= 4 is 17.6 Å². The van der Waals surface area contributed by atoms with Gasteiger partial charge < -0.3 is 19.7 Å². The van der Waals surface area contributed by atoms with E-state index in [2.05, 4.69) is 15.5 Å². The van der Waals surface area contributed by atoms with E-state index >= 15 is 0 Å². The fourth-order valence-corrected chi connectivity index (χ4v) is 3.88. The third-order valence-corrected chi connectivity index (χ3v) is 5.20. The van der Waals surface area contributed by atoms with Gasteiger partial charge in [-0.15, -0.1) is 10.2 Å². The van der Waals surface area contributed by atoms with Gasteiger partial charge in [-0.2, -0.15) is 0 Å². The van der Waals surface area contributed by atoms with Crippen LogP contribution in [0.2, 0.25) is 0 Å². The first-order valence-electron chi connectivity index (χ1n) is 8.87. The van der Waals surface area contributed by atoms with E-state index in [4.69, 9.17) is 0 Å². The van der Waals surface area contributed by atoms with Gasteiger partial charge in [0, 0.05) is 45.8 Å². The molecule has 0 bridgehead atoms. The fraction of sp³-hybridized carbons (Fsp3) is 0.444. The van der Waals surface area contributed by atoms with E-state index in [0.29, 0.717) is 37.7 Å². The zero-order valence-electron chi connectivity index (χ0n) is 15.2. The van der Waals surface area contributed by atoms with E-state index in [1.807, 2.05) is 9.47 Å². The highest BCUT2D eigenvalue weighted by Crippen LogP contribution is 2.33. The Kier molecular flexibility index (Phi) is 4.29. The summed E-state index contributed by atoms with van der Waals surface area (Å²) in [5.74, 6) is 0.709. The summed E-state index contributed by atoms with van der Waals surface area (Å²) in [4.78, 5) is 28.2. The van der Waals surface area contributed by atoms with Crippen LogP contribution in [0.5, 0.6) is 0 Å². The molecule has 1 saturated heterocycles. The number of benzene rings is 1. The van der Waals surface area contributed by atoms with Crippen molar-refractivity contribution in [1.29, 1.82) is 0 Å². The van der Waals surface area contributed by atoms with Gasteiger partial charge in [-0.05, 0) is 30.0 Å². The first kappa shape index (κ1) is 17.4. The molecular formula is C18H21FN6O2. The van der Waals surface area contributed by atoms with Gasteiger partial charge in [0.05, 0.1) is 0 Å². The maximum Gasteiger partial charge on any atom is 0.319 e. The van der Waals surface area contributed by atoms with Gasteiger partial charge in [-0.25, -0.2) is 9.18 Å². The predicted octanol–water partition coefficient (Wildman–Crippen LogP) is 1.46. The molecule has 1 aromatic carbocycles. The molecule has 3 heterocycles. The fourth-order valence-electron chi connectivity index (χ4n) is 3.88. The Morgan fingerprint density at radius 1 is 1.19 bits per heavy atom. The number of nitrogens with one attached hydrogen (secondary N) is 1. The van der Waals surface area contributed by atoms with Crippen LogP contribution in [-0.2, 0) is 13.0 Å². The zero-order valence-corrected chi connectivity index (χ0v) is 15.2. The number of halogens is 1. The average molecular weight is 372 g/mol. The van der Waals surface area contributed by atoms with Crippen molar-refractivity contribution in [3.8, 4) is 0 Å². The normalized spacial score (nSPS) is 20.8. The molecule has 3 amide bonds. The third-order valence-electron chi connectivity index (χ3n) is 5.20. The number of urea groups is 1. The second-order valence-corrected chi connectivity index (χ2v) is 7.32. The maximum atomic E-state index is 13.3. The molecule has 4 rings (SSSR count). The van der Waals surface area contributed by atoms with Crippen LogP contribution in [0.25, 0.3) is 0 Å². The minimum Gasteiger partial charge on any atom is -0.331 e. The van der Waals surface area contributed by atoms with E-state index in [1.54, 1.807) is 25.1 Å². The molecular weight excluding hydrogens is 351 g/mol. The molecule has 0 spiro atoms. The summed E-state index contributed by atoms with van der Waals surface area (Å²) < 4.78 is 15.1. The summed E-state index contributed by atoms with van der Waals surface area (Å²) in [7, 11) is 3.49. The SMILES string of the molecule is CN(C)C(=O)N1C[C@H]2Cc3nnc(C(=O)Nc4cccc(F)c4)n3C[C@H]2C1. The highest BCUT2D eigenvalue weighted by Gasteiger charge is 2.41. The summed E-state index contributed by atoms with van der Waals surface area (Å²) in [6, 6.07) is 5.72. The van der Waals surface area contributed by atoms with Gasteiger partial charge in [0.1, 0.15) is 11.6 Å². The highest BCUT2D eigenvalue weighted by molar-refractivity contribution is 6.01. The van der Waals surface area contributed by atoms with Crippen LogP contribution in [0.15, 0.2) is 24.3 Å². The van der Waals surface area contributed by atoms with Gasteiger partial charge in [0.15, 0.2) is 0 Å². The van der Waals surface area contributed by atoms with E-state index in [-0.39, 0.29) is 17.8 Å². The molecule has 0 saturated carbocycles. The number of fused-ring (bicyclic) bond motifs is 2. The topological polar surface area (TPSA) is 83.4 Å². The standard InChI is InChI=1S/C18H21FN6O2/c1-23(2)18(27)24-8-11-6-15-21-22-16(25(15)10-12(11)9-24)17(26)20-14-5-3-4-13(19)7-14/h3-5,7,11-12H,6,8-10H2,1-2H3,(H,20,26)/t11-,12-/m1/s1. The Balaban J connectivity index is 1.50. The lowest BCUT2D eigenvalue weighted by atomic mass is 9.89. The Hall–Kier alpha value is -2.97. The van der Waals surface area contributed by atoms with E-state index in [9.17, 15) is 14.0 Å². The molecule has 8 nitrogen and oxygen atoms in total. The summed E-state index contributed by atoms with van der Waals surface area (Å²) in [6.07, 6.45) is 0.683. The smallest absolute Gasteiger partial charge is 0.319 e. The molecule has 1 fully saturated rings. The van der Waals surface area contributed by atoms with Crippen molar-refractivity contribution in [2.45, 2.75) is 13.0 Å². The Bertz CT molecular complexity index is 896. The lowest BCUT2D eigenvalue weighted by molar-refractivity contribution is 0.100. The second kappa shape index (κ2) is 6.64. The maximum absolute atomic E-state index is 13.3. The van der Waals surface area contributed by atoms with E-state index < -0.39 is 11.7 Å². The van der Waals surface area contributed by atoms with Crippen LogP contribution in [0, 0.1) is 17.7 Å². The molecule has 1 aromatic heterocycles. The van der Waals surface area contributed by atoms with Crippen LogP contribution in [0.4, 0.5) is 14.9 Å². The lowest BCUT2D eigenvalue weighted by Crippen LogP contribution is -2.37. The number of carbonyl (C=O) groups is 2. The van der Waals surface area contributed by atoms with Crippen LogP contribution in [-0.4, -0.2) is 63.7 Å².